The standard InChI is InChI=1S/C13H18OS/c1-2-3-4-5-6-7-9-12(14)13-10-8-11-15-13/h8,10-12,14H,2-6H2,1H3. The number of hydrogen-bond acceptors (Lipinski definition) is 2. The highest BCUT2D eigenvalue weighted by atomic mass is 32.1. The smallest absolute Gasteiger partial charge is 0.149 e. The minimum Gasteiger partial charge on any atom is -0.375 e. The lowest BCUT2D eigenvalue weighted by atomic mass is 10.1. The largest absolute Gasteiger partial charge is 0.375 e. The molecule has 1 rings (SSSR count). The van der Waals surface area contributed by atoms with Gasteiger partial charge in [0, 0.05) is 11.3 Å². The Balaban J connectivity index is 2.20. The van der Waals surface area contributed by atoms with E-state index in [4.69, 9.17) is 0 Å². The highest BCUT2D eigenvalue weighted by Gasteiger charge is 2.02. The third-order valence-corrected chi connectivity index (χ3v) is 3.13. The summed E-state index contributed by atoms with van der Waals surface area (Å²) in [5, 5.41) is 11.6. The molecule has 0 aromatic carbocycles. The average molecular weight is 222 g/mol. The summed E-state index contributed by atoms with van der Waals surface area (Å²) in [7, 11) is 0. The fourth-order valence-corrected chi connectivity index (χ4v) is 1.99. The Hall–Kier alpha value is -0.780. The summed E-state index contributed by atoms with van der Waals surface area (Å²) >= 11 is 1.55. The van der Waals surface area contributed by atoms with E-state index >= 15 is 0 Å². The molecule has 0 bridgehead atoms. The van der Waals surface area contributed by atoms with Gasteiger partial charge in [-0.3, -0.25) is 0 Å². The van der Waals surface area contributed by atoms with E-state index in [-0.39, 0.29) is 0 Å². The van der Waals surface area contributed by atoms with Crippen molar-refractivity contribution in [3.63, 3.8) is 0 Å². The van der Waals surface area contributed by atoms with Crippen molar-refractivity contribution in [2.24, 2.45) is 0 Å². The van der Waals surface area contributed by atoms with Crippen LogP contribution in [0.4, 0.5) is 0 Å². The highest BCUT2D eigenvalue weighted by molar-refractivity contribution is 7.10. The topological polar surface area (TPSA) is 20.2 Å². The molecule has 0 saturated heterocycles. The van der Waals surface area contributed by atoms with E-state index < -0.39 is 6.10 Å². The molecule has 1 unspecified atom stereocenters. The predicted molar refractivity (Wildman–Crippen MR) is 65.8 cm³/mol. The van der Waals surface area contributed by atoms with Crippen molar-refractivity contribution in [1.82, 2.24) is 0 Å². The lowest BCUT2D eigenvalue weighted by Crippen LogP contribution is -1.88. The number of unbranched alkanes of at least 4 members (excludes halogenated alkanes) is 4. The molecule has 0 amide bonds. The molecule has 2 heteroatoms. The molecule has 0 aliphatic heterocycles. The van der Waals surface area contributed by atoms with Crippen LogP contribution >= 0.6 is 11.3 Å². The molecule has 1 nitrogen and oxygen atoms in total. The van der Waals surface area contributed by atoms with Crippen molar-refractivity contribution in [3.8, 4) is 11.8 Å². The summed E-state index contributed by atoms with van der Waals surface area (Å²) in [6.45, 7) is 2.20. The van der Waals surface area contributed by atoms with Crippen LogP contribution in [0.25, 0.3) is 0 Å². The first kappa shape index (κ1) is 12.3. The number of aliphatic hydroxyl groups is 1. The van der Waals surface area contributed by atoms with Gasteiger partial charge in [-0.1, -0.05) is 38.2 Å². The summed E-state index contributed by atoms with van der Waals surface area (Å²) in [5.74, 6) is 5.92. The Morgan fingerprint density at radius 1 is 1.40 bits per heavy atom. The van der Waals surface area contributed by atoms with Crippen molar-refractivity contribution in [3.05, 3.63) is 22.4 Å². The van der Waals surface area contributed by atoms with Gasteiger partial charge in [-0.05, 0) is 17.9 Å². The highest BCUT2D eigenvalue weighted by Crippen LogP contribution is 2.17. The van der Waals surface area contributed by atoms with E-state index in [2.05, 4.69) is 18.8 Å². The van der Waals surface area contributed by atoms with Crippen LogP contribution in [-0.2, 0) is 0 Å². The van der Waals surface area contributed by atoms with E-state index in [9.17, 15) is 5.11 Å². The Bertz CT molecular complexity index is 305. The minimum absolute atomic E-state index is 0.587. The Morgan fingerprint density at radius 3 is 2.93 bits per heavy atom. The number of rotatable bonds is 5. The maximum absolute atomic E-state index is 9.65. The zero-order chi connectivity index (χ0) is 10.9. The van der Waals surface area contributed by atoms with E-state index in [1.54, 1.807) is 11.3 Å². The molecule has 1 atom stereocenters. The maximum Gasteiger partial charge on any atom is 0.149 e. The Morgan fingerprint density at radius 2 is 2.27 bits per heavy atom. The van der Waals surface area contributed by atoms with Crippen molar-refractivity contribution in [1.29, 1.82) is 0 Å². The van der Waals surface area contributed by atoms with Gasteiger partial charge in [0.15, 0.2) is 0 Å². The van der Waals surface area contributed by atoms with Crippen LogP contribution in [-0.4, -0.2) is 5.11 Å². The fourth-order valence-electron chi connectivity index (χ4n) is 1.33. The van der Waals surface area contributed by atoms with Crippen LogP contribution in [0.5, 0.6) is 0 Å². The second kappa shape index (κ2) is 7.50. The van der Waals surface area contributed by atoms with E-state index in [0.717, 1.165) is 17.7 Å². The molecule has 0 aliphatic rings. The quantitative estimate of drug-likeness (QED) is 0.594. The first-order valence-corrected chi connectivity index (χ1v) is 6.42. The maximum atomic E-state index is 9.65. The van der Waals surface area contributed by atoms with Gasteiger partial charge in [0.1, 0.15) is 6.10 Å². The molecule has 1 N–H and O–H groups in total. The summed E-state index contributed by atoms with van der Waals surface area (Å²) < 4.78 is 0. The van der Waals surface area contributed by atoms with Crippen LogP contribution in [0.15, 0.2) is 17.5 Å². The summed E-state index contributed by atoms with van der Waals surface area (Å²) in [6.07, 6.45) is 5.26. The average Bonchev–Trinajstić information content (AvgIpc) is 2.76. The lowest BCUT2D eigenvalue weighted by molar-refractivity contribution is 0.242. The summed E-state index contributed by atoms with van der Waals surface area (Å²) in [4.78, 5) is 0.941. The number of aliphatic hydroxyl groups excluding tert-OH is 1. The van der Waals surface area contributed by atoms with Gasteiger partial charge < -0.3 is 5.11 Å². The SMILES string of the molecule is CCCCCCC#CC(O)c1cccs1. The van der Waals surface area contributed by atoms with Gasteiger partial charge in [0.2, 0.25) is 0 Å². The van der Waals surface area contributed by atoms with Gasteiger partial charge in [0.25, 0.3) is 0 Å². The monoisotopic (exact) mass is 222 g/mol. The molecule has 82 valence electrons. The minimum atomic E-state index is -0.587. The lowest BCUT2D eigenvalue weighted by Gasteiger charge is -1.97. The third kappa shape index (κ3) is 5.01. The molecule has 0 spiro atoms. The Kier molecular flexibility index (Phi) is 6.15. The third-order valence-electron chi connectivity index (χ3n) is 2.21. The molecule has 1 aromatic rings. The summed E-state index contributed by atoms with van der Waals surface area (Å²) in [6, 6.07) is 3.85. The molecule has 0 fully saturated rings. The summed E-state index contributed by atoms with van der Waals surface area (Å²) in [5.41, 5.74) is 0. The molecule has 0 saturated carbocycles. The van der Waals surface area contributed by atoms with Crippen molar-refractivity contribution < 1.29 is 5.11 Å². The van der Waals surface area contributed by atoms with Crippen LogP contribution in [0.3, 0.4) is 0 Å². The molecule has 1 heterocycles. The zero-order valence-corrected chi connectivity index (χ0v) is 10.0. The van der Waals surface area contributed by atoms with E-state index in [1.807, 2.05) is 17.5 Å². The molecule has 1 aromatic heterocycles. The first-order valence-electron chi connectivity index (χ1n) is 5.54. The number of hydrogen-bond donors (Lipinski definition) is 1. The van der Waals surface area contributed by atoms with E-state index in [0.29, 0.717) is 0 Å². The van der Waals surface area contributed by atoms with Gasteiger partial charge >= 0.3 is 0 Å². The van der Waals surface area contributed by atoms with Crippen LogP contribution < -0.4 is 0 Å². The Labute approximate surface area is 96.1 Å². The van der Waals surface area contributed by atoms with Crippen LogP contribution in [0.2, 0.25) is 0 Å². The molecule has 0 aliphatic carbocycles. The van der Waals surface area contributed by atoms with Gasteiger partial charge in [-0.2, -0.15) is 0 Å². The van der Waals surface area contributed by atoms with Crippen LogP contribution in [0.1, 0.15) is 50.0 Å². The second-order valence-electron chi connectivity index (χ2n) is 3.55. The molecule has 0 radical (unpaired) electrons. The molecular formula is C13H18OS. The molecular weight excluding hydrogens is 204 g/mol. The van der Waals surface area contributed by atoms with Gasteiger partial charge in [-0.25, -0.2) is 0 Å². The zero-order valence-electron chi connectivity index (χ0n) is 9.20. The van der Waals surface area contributed by atoms with Crippen molar-refractivity contribution in [2.75, 3.05) is 0 Å². The predicted octanol–water partition coefficient (Wildman–Crippen LogP) is 3.76. The second-order valence-corrected chi connectivity index (χ2v) is 4.53. The van der Waals surface area contributed by atoms with Gasteiger partial charge in [0.05, 0.1) is 0 Å². The van der Waals surface area contributed by atoms with Crippen LogP contribution in [0, 0.1) is 11.8 Å². The van der Waals surface area contributed by atoms with E-state index in [1.165, 1.54) is 19.3 Å². The normalized spacial score (nSPS) is 11.9. The van der Waals surface area contributed by atoms with Crippen molar-refractivity contribution >= 4 is 11.3 Å². The van der Waals surface area contributed by atoms with Crippen molar-refractivity contribution in [2.45, 2.75) is 45.1 Å². The van der Waals surface area contributed by atoms with Gasteiger partial charge in [-0.15, -0.1) is 17.3 Å². The molecule has 15 heavy (non-hydrogen) atoms. The fraction of sp³-hybridized carbons (Fsp3) is 0.538. The first-order chi connectivity index (χ1) is 7.34. The number of thiophene rings is 1.